The highest BCUT2D eigenvalue weighted by molar-refractivity contribution is 7.89. The maximum absolute atomic E-state index is 12.4. The number of nitrogens with one attached hydrogen (secondary N) is 2. The molecule has 0 aliphatic carbocycles. The van der Waals surface area contributed by atoms with Crippen molar-refractivity contribution in [2.75, 3.05) is 25.6 Å². The lowest BCUT2D eigenvalue weighted by Crippen LogP contribution is -2.51. The molecule has 1 fully saturated rings. The van der Waals surface area contributed by atoms with Crippen LogP contribution >= 0.6 is 0 Å². The van der Waals surface area contributed by atoms with Gasteiger partial charge in [-0.25, -0.2) is 26.3 Å². The maximum atomic E-state index is 12.4. The highest BCUT2D eigenvalue weighted by Gasteiger charge is 2.34. The predicted octanol–water partition coefficient (Wildman–Crippen LogP) is -1.29. The summed E-state index contributed by atoms with van der Waals surface area (Å²) in [6.45, 7) is 4.16. The minimum absolute atomic E-state index is 0.200. The summed E-state index contributed by atoms with van der Waals surface area (Å²) in [5, 5.41) is 0. The van der Waals surface area contributed by atoms with Crippen molar-refractivity contribution in [3.63, 3.8) is 0 Å². The molecule has 0 aromatic rings. The van der Waals surface area contributed by atoms with E-state index in [1.54, 1.807) is 13.8 Å². The standard InChI is InChI=1S/C11H23N3O5S2/c1-8(2)10(13-21(4,18)19)11(15)14-6-5-9(7-14)12-20(3,16)17/h8-10,12-13H,5-7H2,1-4H3. The number of sulfonamides is 2. The molecule has 1 rings (SSSR count). The minimum Gasteiger partial charge on any atom is -0.340 e. The van der Waals surface area contributed by atoms with Gasteiger partial charge in [-0.1, -0.05) is 13.8 Å². The summed E-state index contributed by atoms with van der Waals surface area (Å²) in [6, 6.07) is -1.16. The predicted molar refractivity (Wildman–Crippen MR) is 79.6 cm³/mol. The average molecular weight is 341 g/mol. The Bertz CT molecular complexity index is 585. The van der Waals surface area contributed by atoms with E-state index < -0.39 is 26.1 Å². The van der Waals surface area contributed by atoms with Gasteiger partial charge in [-0.15, -0.1) is 0 Å². The van der Waals surface area contributed by atoms with Gasteiger partial charge in [0.1, 0.15) is 6.04 Å². The Kier molecular flexibility index (Phi) is 5.76. The number of likely N-dealkylation sites (tertiary alicyclic amines) is 1. The van der Waals surface area contributed by atoms with Crippen LogP contribution in [-0.2, 0) is 24.8 Å². The summed E-state index contributed by atoms with van der Waals surface area (Å²) in [5.41, 5.74) is 0. The molecule has 0 aromatic carbocycles. The van der Waals surface area contributed by atoms with Crippen molar-refractivity contribution in [1.29, 1.82) is 0 Å². The molecule has 124 valence electrons. The molecule has 0 saturated carbocycles. The second kappa shape index (κ2) is 6.59. The van der Waals surface area contributed by atoms with Crippen molar-refractivity contribution in [2.45, 2.75) is 32.4 Å². The molecule has 0 aromatic heterocycles. The van der Waals surface area contributed by atoms with E-state index in [-0.39, 0.29) is 24.4 Å². The van der Waals surface area contributed by atoms with Crippen LogP contribution in [0.25, 0.3) is 0 Å². The smallest absolute Gasteiger partial charge is 0.241 e. The quantitative estimate of drug-likeness (QED) is 0.624. The number of nitrogens with zero attached hydrogens (tertiary/aromatic N) is 1. The zero-order valence-corrected chi connectivity index (χ0v) is 14.3. The van der Waals surface area contributed by atoms with Crippen LogP contribution in [0.4, 0.5) is 0 Å². The van der Waals surface area contributed by atoms with E-state index in [1.807, 2.05) is 0 Å². The summed E-state index contributed by atoms with van der Waals surface area (Å²) in [4.78, 5) is 13.9. The molecule has 10 heteroatoms. The molecule has 0 radical (unpaired) electrons. The van der Waals surface area contributed by atoms with Gasteiger partial charge in [0.2, 0.25) is 26.0 Å². The largest absolute Gasteiger partial charge is 0.340 e. The van der Waals surface area contributed by atoms with Crippen LogP contribution < -0.4 is 9.44 Å². The fourth-order valence-corrected chi connectivity index (χ4v) is 3.89. The minimum atomic E-state index is -3.49. The topological polar surface area (TPSA) is 113 Å². The second-order valence-corrected chi connectivity index (χ2v) is 9.33. The van der Waals surface area contributed by atoms with Crippen molar-refractivity contribution in [1.82, 2.24) is 14.3 Å². The fraction of sp³-hybridized carbons (Fsp3) is 0.909. The maximum Gasteiger partial charge on any atom is 0.241 e. The van der Waals surface area contributed by atoms with Gasteiger partial charge in [0.15, 0.2) is 0 Å². The summed E-state index contributed by atoms with van der Waals surface area (Å²) in [7, 11) is -6.82. The van der Waals surface area contributed by atoms with Crippen molar-refractivity contribution in [3.05, 3.63) is 0 Å². The van der Waals surface area contributed by atoms with Gasteiger partial charge in [0.05, 0.1) is 12.5 Å². The van der Waals surface area contributed by atoms with Gasteiger partial charge >= 0.3 is 0 Å². The number of hydrogen-bond acceptors (Lipinski definition) is 5. The normalized spacial score (nSPS) is 21.8. The fourth-order valence-electron chi connectivity index (χ4n) is 2.26. The Morgan fingerprint density at radius 2 is 1.71 bits per heavy atom. The molecule has 0 spiro atoms. The van der Waals surface area contributed by atoms with E-state index >= 15 is 0 Å². The lowest BCUT2D eigenvalue weighted by atomic mass is 10.0. The van der Waals surface area contributed by atoms with Gasteiger partial charge in [0.25, 0.3) is 0 Å². The molecule has 1 aliphatic rings. The lowest BCUT2D eigenvalue weighted by molar-refractivity contribution is -0.133. The first kappa shape index (κ1) is 18.3. The molecule has 0 bridgehead atoms. The Morgan fingerprint density at radius 3 is 2.14 bits per heavy atom. The van der Waals surface area contributed by atoms with Gasteiger partial charge in [-0.2, -0.15) is 0 Å². The molecule has 8 nitrogen and oxygen atoms in total. The third-order valence-electron chi connectivity index (χ3n) is 3.15. The van der Waals surface area contributed by atoms with Gasteiger partial charge < -0.3 is 4.90 Å². The SMILES string of the molecule is CC(C)C(NS(C)(=O)=O)C(=O)N1CCC(NS(C)(=O)=O)C1. The Labute approximate surface area is 126 Å². The van der Waals surface area contributed by atoms with Crippen LogP contribution in [0.1, 0.15) is 20.3 Å². The second-order valence-electron chi connectivity index (χ2n) is 5.77. The van der Waals surface area contributed by atoms with E-state index in [0.29, 0.717) is 13.0 Å². The van der Waals surface area contributed by atoms with E-state index in [4.69, 9.17) is 0 Å². The van der Waals surface area contributed by atoms with Gasteiger partial charge in [0, 0.05) is 19.1 Å². The Balaban J connectivity index is 2.74. The summed E-state index contributed by atoms with van der Waals surface area (Å²) in [6.07, 6.45) is 2.59. The zero-order chi connectivity index (χ0) is 16.4. The van der Waals surface area contributed by atoms with E-state index in [0.717, 1.165) is 12.5 Å². The molecule has 1 aliphatic heterocycles. The van der Waals surface area contributed by atoms with Crippen molar-refractivity contribution < 1.29 is 21.6 Å². The first-order valence-electron chi connectivity index (χ1n) is 6.62. The first-order valence-corrected chi connectivity index (χ1v) is 10.4. The van der Waals surface area contributed by atoms with Gasteiger partial charge in [-0.3, -0.25) is 4.79 Å². The van der Waals surface area contributed by atoms with Crippen LogP contribution in [0, 0.1) is 5.92 Å². The Hall–Kier alpha value is -0.710. The van der Waals surface area contributed by atoms with E-state index in [9.17, 15) is 21.6 Å². The molecule has 1 heterocycles. The number of amides is 1. The number of hydrogen-bond donors (Lipinski definition) is 2. The molecule has 2 unspecified atom stereocenters. The molecule has 21 heavy (non-hydrogen) atoms. The molecule has 2 N–H and O–H groups in total. The highest BCUT2D eigenvalue weighted by atomic mass is 32.2. The van der Waals surface area contributed by atoms with Crippen LogP contribution in [0.15, 0.2) is 0 Å². The van der Waals surface area contributed by atoms with E-state index in [1.165, 1.54) is 4.90 Å². The summed E-state index contributed by atoms with van der Waals surface area (Å²) >= 11 is 0. The first-order chi connectivity index (χ1) is 9.39. The van der Waals surface area contributed by atoms with Crippen LogP contribution in [0.2, 0.25) is 0 Å². The highest BCUT2D eigenvalue weighted by Crippen LogP contribution is 2.15. The van der Waals surface area contributed by atoms with Crippen LogP contribution in [-0.4, -0.2) is 65.3 Å². The third kappa shape index (κ3) is 6.29. The molecular weight excluding hydrogens is 318 g/mol. The summed E-state index contributed by atoms with van der Waals surface area (Å²) < 4.78 is 49.9. The Morgan fingerprint density at radius 1 is 1.14 bits per heavy atom. The molecule has 2 atom stereocenters. The van der Waals surface area contributed by atoms with Crippen molar-refractivity contribution >= 4 is 26.0 Å². The van der Waals surface area contributed by atoms with E-state index in [2.05, 4.69) is 9.44 Å². The van der Waals surface area contributed by atoms with Gasteiger partial charge in [-0.05, 0) is 12.3 Å². The molecule has 1 amide bonds. The summed E-state index contributed by atoms with van der Waals surface area (Å²) in [5.74, 6) is -0.526. The number of rotatable bonds is 6. The van der Waals surface area contributed by atoms with Crippen molar-refractivity contribution in [2.24, 2.45) is 5.92 Å². The number of carbonyl (C=O) groups is 1. The monoisotopic (exact) mass is 341 g/mol. The zero-order valence-electron chi connectivity index (χ0n) is 12.7. The van der Waals surface area contributed by atoms with Crippen LogP contribution in [0.5, 0.6) is 0 Å². The third-order valence-corrected chi connectivity index (χ3v) is 4.60. The molecule has 1 saturated heterocycles. The van der Waals surface area contributed by atoms with Crippen LogP contribution in [0.3, 0.4) is 0 Å². The number of carbonyl (C=O) groups excluding carboxylic acids is 1. The van der Waals surface area contributed by atoms with Crippen molar-refractivity contribution in [3.8, 4) is 0 Å². The lowest BCUT2D eigenvalue weighted by Gasteiger charge is -2.26. The average Bonchev–Trinajstić information content (AvgIpc) is 2.69. The molecular formula is C11H23N3O5S2.